The van der Waals surface area contributed by atoms with Gasteiger partial charge in [0, 0.05) is 37.1 Å². The zero-order valence-electron chi connectivity index (χ0n) is 14.2. The first-order chi connectivity index (χ1) is 10.6. The molecular weight excluding hydrogens is 423 g/mol. The van der Waals surface area contributed by atoms with E-state index in [0.717, 1.165) is 37.2 Å². The fourth-order valence-electron chi connectivity index (χ4n) is 2.53. The number of halogens is 2. The molecule has 0 atom stereocenters. The van der Waals surface area contributed by atoms with Crippen LogP contribution in [0.3, 0.4) is 0 Å². The molecule has 0 aliphatic heterocycles. The molecule has 0 spiro atoms. The van der Waals surface area contributed by atoms with Gasteiger partial charge in [0.25, 0.3) is 0 Å². The highest BCUT2D eigenvalue weighted by Gasteiger charge is 2.44. The van der Waals surface area contributed by atoms with E-state index in [2.05, 4.69) is 46.6 Å². The van der Waals surface area contributed by atoms with Gasteiger partial charge in [-0.2, -0.15) is 0 Å². The Bertz CT molecular complexity index is 517. The number of benzene rings is 1. The largest absolute Gasteiger partial charge is 0.356 e. The third-order valence-electron chi connectivity index (χ3n) is 4.43. The van der Waals surface area contributed by atoms with Crippen molar-refractivity contribution in [2.75, 3.05) is 40.3 Å². The molecule has 130 valence electrons. The lowest BCUT2D eigenvalue weighted by molar-refractivity contribution is 0.357. The third-order valence-corrected chi connectivity index (χ3v) is 4.67. The summed E-state index contributed by atoms with van der Waals surface area (Å²) in [6, 6.07) is 8.22. The molecule has 1 aliphatic rings. The van der Waals surface area contributed by atoms with Crippen LogP contribution in [0.1, 0.15) is 25.3 Å². The number of rotatable bonds is 7. The molecule has 6 heteroatoms. The number of hydrogen-bond donors (Lipinski definition) is 2. The maximum Gasteiger partial charge on any atom is 0.191 e. The first kappa shape index (κ1) is 20.5. The highest BCUT2D eigenvalue weighted by atomic mass is 127. The highest BCUT2D eigenvalue weighted by molar-refractivity contribution is 14.0. The lowest BCUT2D eigenvalue weighted by atomic mass is 9.96. The predicted molar refractivity (Wildman–Crippen MR) is 110 cm³/mol. The zero-order valence-corrected chi connectivity index (χ0v) is 17.3. The Morgan fingerprint density at radius 3 is 2.65 bits per heavy atom. The van der Waals surface area contributed by atoms with E-state index in [-0.39, 0.29) is 29.4 Å². The van der Waals surface area contributed by atoms with Gasteiger partial charge in [-0.05, 0) is 44.1 Å². The number of guanidine groups is 1. The van der Waals surface area contributed by atoms with Crippen LogP contribution in [0.4, 0.5) is 0 Å². The minimum Gasteiger partial charge on any atom is -0.356 e. The number of likely N-dealkylation sites (N-methyl/N-ethyl adjacent to an activating group) is 1. The molecule has 23 heavy (non-hydrogen) atoms. The van der Waals surface area contributed by atoms with Gasteiger partial charge in [-0.1, -0.05) is 30.7 Å². The van der Waals surface area contributed by atoms with Crippen LogP contribution in [0.15, 0.2) is 29.3 Å². The van der Waals surface area contributed by atoms with E-state index in [1.807, 2.05) is 19.2 Å². The minimum absolute atomic E-state index is 0. The average Bonchev–Trinajstić information content (AvgIpc) is 3.31. The lowest BCUT2D eigenvalue weighted by Gasteiger charge is -2.20. The smallest absolute Gasteiger partial charge is 0.191 e. The monoisotopic (exact) mass is 450 g/mol. The fraction of sp³-hybridized carbons (Fsp3) is 0.588. The Labute approximate surface area is 162 Å². The van der Waals surface area contributed by atoms with Crippen molar-refractivity contribution >= 4 is 41.5 Å². The Kier molecular flexibility index (Phi) is 8.64. The topological polar surface area (TPSA) is 39.7 Å². The summed E-state index contributed by atoms with van der Waals surface area (Å²) < 4.78 is 0. The first-order valence-corrected chi connectivity index (χ1v) is 8.36. The van der Waals surface area contributed by atoms with Gasteiger partial charge in [0.05, 0.1) is 0 Å². The molecule has 0 saturated heterocycles. The Hall–Kier alpha value is -0.530. The molecule has 2 N–H and O–H groups in total. The van der Waals surface area contributed by atoms with Crippen molar-refractivity contribution in [2.24, 2.45) is 4.99 Å². The lowest BCUT2D eigenvalue weighted by Crippen LogP contribution is -2.43. The number of nitrogens with zero attached hydrogens (tertiary/aromatic N) is 2. The van der Waals surface area contributed by atoms with Crippen molar-refractivity contribution in [3.8, 4) is 0 Å². The number of hydrogen-bond acceptors (Lipinski definition) is 2. The Balaban J connectivity index is 0.00000264. The maximum absolute atomic E-state index is 6.12. The SMILES string of the molecule is CCN(C)CCNC(=NC)NCC1(c2cccc(Cl)c2)CC1.I. The van der Waals surface area contributed by atoms with E-state index in [1.54, 1.807) is 0 Å². The summed E-state index contributed by atoms with van der Waals surface area (Å²) in [6.45, 7) is 6.03. The summed E-state index contributed by atoms with van der Waals surface area (Å²) in [4.78, 5) is 6.58. The van der Waals surface area contributed by atoms with Crippen LogP contribution in [-0.2, 0) is 5.41 Å². The van der Waals surface area contributed by atoms with Gasteiger partial charge in [-0.15, -0.1) is 24.0 Å². The second kappa shape index (κ2) is 9.69. The van der Waals surface area contributed by atoms with Crippen molar-refractivity contribution in [3.63, 3.8) is 0 Å². The van der Waals surface area contributed by atoms with Crippen molar-refractivity contribution in [1.29, 1.82) is 0 Å². The van der Waals surface area contributed by atoms with Crippen molar-refractivity contribution in [1.82, 2.24) is 15.5 Å². The van der Waals surface area contributed by atoms with Crippen LogP contribution >= 0.6 is 35.6 Å². The minimum atomic E-state index is 0. The summed E-state index contributed by atoms with van der Waals surface area (Å²) in [5, 5.41) is 7.64. The second-order valence-corrected chi connectivity index (χ2v) is 6.48. The Morgan fingerprint density at radius 1 is 1.35 bits per heavy atom. The quantitative estimate of drug-likeness (QED) is 0.381. The molecule has 1 saturated carbocycles. The standard InChI is InChI=1S/C17H27ClN4.HI/c1-4-22(3)11-10-20-16(19-2)21-13-17(8-9-17)14-6-5-7-15(18)12-14;/h5-7,12H,4,8-11,13H2,1-3H3,(H2,19,20,21);1H. The van der Waals surface area contributed by atoms with E-state index in [4.69, 9.17) is 11.6 Å². The number of aliphatic imine (C=N–C) groups is 1. The zero-order chi connectivity index (χ0) is 16.0. The molecule has 0 amide bonds. The Morgan fingerprint density at radius 2 is 2.09 bits per heavy atom. The van der Waals surface area contributed by atoms with Crippen LogP contribution in [0, 0.1) is 0 Å². The van der Waals surface area contributed by atoms with Gasteiger partial charge in [0.1, 0.15) is 0 Å². The van der Waals surface area contributed by atoms with E-state index in [1.165, 1.54) is 18.4 Å². The van der Waals surface area contributed by atoms with Crippen LogP contribution in [0.2, 0.25) is 5.02 Å². The maximum atomic E-state index is 6.12. The molecule has 2 rings (SSSR count). The molecular formula is C17H28ClIN4. The summed E-state index contributed by atoms with van der Waals surface area (Å²) in [6.07, 6.45) is 2.41. The summed E-state index contributed by atoms with van der Waals surface area (Å²) in [5.41, 5.74) is 1.55. The van der Waals surface area contributed by atoms with Crippen LogP contribution in [-0.4, -0.2) is 51.1 Å². The molecule has 1 fully saturated rings. The molecule has 1 aromatic carbocycles. The van der Waals surface area contributed by atoms with Gasteiger partial charge in [-0.3, -0.25) is 4.99 Å². The van der Waals surface area contributed by atoms with Gasteiger partial charge in [0.2, 0.25) is 0 Å². The molecule has 4 nitrogen and oxygen atoms in total. The van der Waals surface area contributed by atoms with Crippen molar-refractivity contribution < 1.29 is 0 Å². The van der Waals surface area contributed by atoms with E-state index in [0.29, 0.717) is 0 Å². The van der Waals surface area contributed by atoms with Crippen LogP contribution in [0.5, 0.6) is 0 Å². The summed E-state index contributed by atoms with van der Waals surface area (Å²) in [5.74, 6) is 0.873. The first-order valence-electron chi connectivity index (χ1n) is 7.99. The molecule has 1 aliphatic carbocycles. The van der Waals surface area contributed by atoms with E-state index in [9.17, 15) is 0 Å². The molecule has 0 bridgehead atoms. The van der Waals surface area contributed by atoms with E-state index < -0.39 is 0 Å². The molecule has 0 aromatic heterocycles. The predicted octanol–water partition coefficient (Wildman–Crippen LogP) is 3.11. The van der Waals surface area contributed by atoms with Gasteiger partial charge >= 0.3 is 0 Å². The van der Waals surface area contributed by atoms with Crippen molar-refractivity contribution in [3.05, 3.63) is 34.9 Å². The van der Waals surface area contributed by atoms with E-state index >= 15 is 0 Å². The number of nitrogens with one attached hydrogen (secondary N) is 2. The fourth-order valence-corrected chi connectivity index (χ4v) is 2.72. The molecule has 0 heterocycles. The third kappa shape index (κ3) is 6.12. The van der Waals surface area contributed by atoms with Gasteiger partial charge < -0.3 is 15.5 Å². The highest BCUT2D eigenvalue weighted by Crippen LogP contribution is 2.48. The molecule has 1 aromatic rings. The second-order valence-electron chi connectivity index (χ2n) is 6.04. The summed E-state index contributed by atoms with van der Waals surface area (Å²) >= 11 is 6.12. The van der Waals surface area contributed by atoms with Gasteiger partial charge in [0.15, 0.2) is 5.96 Å². The summed E-state index contributed by atoms with van der Waals surface area (Å²) in [7, 11) is 3.94. The van der Waals surface area contributed by atoms with Crippen LogP contribution < -0.4 is 10.6 Å². The van der Waals surface area contributed by atoms with Gasteiger partial charge in [-0.25, -0.2) is 0 Å². The van der Waals surface area contributed by atoms with Crippen LogP contribution in [0.25, 0.3) is 0 Å². The molecule has 0 radical (unpaired) electrons. The average molecular weight is 451 g/mol. The molecule has 0 unspecified atom stereocenters. The van der Waals surface area contributed by atoms with Crippen molar-refractivity contribution in [2.45, 2.75) is 25.2 Å². The normalized spacial score (nSPS) is 16.0.